The molecule has 0 radical (unpaired) electrons. The van der Waals surface area contributed by atoms with E-state index in [4.69, 9.17) is 4.74 Å². The fourth-order valence-electron chi connectivity index (χ4n) is 2.23. The normalized spacial score (nSPS) is 19.0. The smallest absolute Gasteiger partial charge is 0.0594 e. The summed E-state index contributed by atoms with van der Waals surface area (Å²) in [5.41, 5.74) is 1.25. The zero-order valence-electron chi connectivity index (χ0n) is 11.4. The number of hydrogen-bond donors (Lipinski definition) is 1. The zero-order valence-corrected chi connectivity index (χ0v) is 11.4. The molecule has 0 saturated carbocycles. The van der Waals surface area contributed by atoms with Crippen LogP contribution in [-0.4, -0.2) is 54.1 Å². The molecule has 0 spiro atoms. The minimum atomic E-state index is 0.378. The lowest BCUT2D eigenvalue weighted by Crippen LogP contribution is -2.37. The molecule has 2 rings (SSSR count). The first kappa shape index (κ1) is 13.5. The van der Waals surface area contributed by atoms with Crippen LogP contribution in [0.1, 0.15) is 24.9 Å². The lowest BCUT2D eigenvalue weighted by molar-refractivity contribution is 0.0374. The van der Waals surface area contributed by atoms with Gasteiger partial charge in [0.1, 0.15) is 0 Å². The number of aryl methyl sites for hydroxylation is 1. The second-order valence-electron chi connectivity index (χ2n) is 4.93. The van der Waals surface area contributed by atoms with Gasteiger partial charge in [0.2, 0.25) is 0 Å². The van der Waals surface area contributed by atoms with Gasteiger partial charge in [-0.2, -0.15) is 5.10 Å². The quantitative estimate of drug-likeness (QED) is 0.760. The molecule has 0 amide bonds. The van der Waals surface area contributed by atoms with Gasteiger partial charge >= 0.3 is 0 Å². The van der Waals surface area contributed by atoms with Crippen molar-refractivity contribution in [1.82, 2.24) is 20.0 Å². The Kier molecular flexibility index (Phi) is 5.16. The number of aromatic nitrogens is 2. The van der Waals surface area contributed by atoms with Crippen molar-refractivity contribution >= 4 is 0 Å². The highest BCUT2D eigenvalue weighted by Gasteiger charge is 2.10. The summed E-state index contributed by atoms with van der Waals surface area (Å²) in [6.07, 6.45) is 5.18. The van der Waals surface area contributed by atoms with Crippen LogP contribution in [-0.2, 0) is 11.8 Å². The van der Waals surface area contributed by atoms with Crippen molar-refractivity contribution in [3.63, 3.8) is 0 Å². The summed E-state index contributed by atoms with van der Waals surface area (Å²) >= 11 is 0. The fourth-order valence-corrected chi connectivity index (χ4v) is 2.23. The van der Waals surface area contributed by atoms with Crippen LogP contribution in [0.2, 0.25) is 0 Å². The van der Waals surface area contributed by atoms with Gasteiger partial charge in [0.25, 0.3) is 0 Å². The van der Waals surface area contributed by atoms with E-state index in [9.17, 15) is 0 Å². The summed E-state index contributed by atoms with van der Waals surface area (Å²) in [5, 5.41) is 7.73. The fraction of sp³-hybridized carbons (Fsp3) is 0.769. The van der Waals surface area contributed by atoms with E-state index in [2.05, 4.69) is 28.4 Å². The highest BCUT2D eigenvalue weighted by atomic mass is 16.5. The molecule has 1 N–H and O–H groups in total. The van der Waals surface area contributed by atoms with Crippen LogP contribution in [0.4, 0.5) is 0 Å². The summed E-state index contributed by atoms with van der Waals surface area (Å²) in [5.74, 6) is 0. The largest absolute Gasteiger partial charge is 0.379 e. The van der Waals surface area contributed by atoms with Crippen molar-refractivity contribution in [2.24, 2.45) is 7.05 Å². The number of morpholine rings is 1. The number of ether oxygens (including phenoxy) is 1. The van der Waals surface area contributed by atoms with E-state index in [1.807, 2.05) is 17.9 Å². The number of hydrogen-bond acceptors (Lipinski definition) is 4. The summed E-state index contributed by atoms with van der Waals surface area (Å²) in [7, 11) is 1.95. The topological polar surface area (TPSA) is 42.3 Å². The molecule has 18 heavy (non-hydrogen) atoms. The first-order valence-corrected chi connectivity index (χ1v) is 6.78. The Hall–Kier alpha value is -0.910. The standard InChI is InChI=1S/C13H24N4O/c1-12(13-10-15-16(2)11-13)14-4-3-5-17-6-8-18-9-7-17/h10-12,14H,3-9H2,1-2H3. The van der Waals surface area contributed by atoms with Crippen LogP contribution in [0.15, 0.2) is 12.4 Å². The van der Waals surface area contributed by atoms with E-state index < -0.39 is 0 Å². The minimum absolute atomic E-state index is 0.378. The predicted molar refractivity (Wildman–Crippen MR) is 71.5 cm³/mol. The van der Waals surface area contributed by atoms with Crippen LogP contribution < -0.4 is 5.32 Å². The molecule has 5 heteroatoms. The van der Waals surface area contributed by atoms with Gasteiger partial charge in [-0.15, -0.1) is 0 Å². The first-order chi connectivity index (χ1) is 8.75. The maximum atomic E-state index is 5.34. The highest BCUT2D eigenvalue weighted by molar-refractivity contribution is 5.08. The lowest BCUT2D eigenvalue weighted by Gasteiger charge is -2.26. The Morgan fingerprint density at radius 3 is 2.89 bits per heavy atom. The first-order valence-electron chi connectivity index (χ1n) is 6.78. The SMILES string of the molecule is CC(NCCCN1CCOCC1)c1cnn(C)c1. The molecular weight excluding hydrogens is 228 g/mol. The predicted octanol–water partition coefficient (Wildman–Crippen LogP) is 0.793. The third-order valence-corrected chi connectivity index (χ3v) is 3.43. The van der Waals surface area contributed by atoms with E-state index in [-0.39, 0.29) is 0 Å². The lowest BCUT2D eigenvalue weighted by atomic mass is 10.2. The number of nitrogens with zero attached hydrogens (tertiary/aromatic N) is 3. The third kappa shape index (κ3) is 4.08. The molecule has 1 aliphatic heterocycles. The van der Waals surface area contributed by atoms with E-state index >= 15 is 0 Å². The summed E-state index contributed by atoms with van der Waals surface area (Å²) in [6, 6.07) is 0.378. The van der Waals surface area contributed by atoms with Crippen LogP contribution in [0.5, 0.6) is 0 Å². The molecule has 1 saturated heterocycles. The maximum Gasteiger partial charge on any atom is 0.0594 e. The summed E-state index contributed by atoms with van der Waals surface area (Å²) in [4.78, 5) is 2.47. The van der Waals surface area contributed by atoms with Crippen molar-refractivity contribution in [1.29, 1.82) is 0 Å². The Morgan fingerprint density at radius 2 is 2.22 bits per heavy atom. The van der Waals surface area contributed by atoms with Gasteiger partial charge in [0.05, 0.1) is 19.4 Å². The second kappa shape index (κ2) is 6.87. The minimum Gasteiger partial charge on any atom is -0.379 e. The second-order valence-corrected chi connectivity index (χ2v) is 4.93. The average Bonchev–Trinajstić information content (AvgIpc) is 2.82. The Bertz CT molecular complexity index is 347. The molecular formula is C13H24N4O. The van der Waals surface area contributed by atoms with Crippen molar-refractivity contribution in [2.75, 3.05) is 39.4 Å². The van der Waals surface area contributed by atoms with Gasteiger partial charge in [-0.05, 0) is 26.4 Å². The monoisotopic (exact) mass is 252 g/mol. The van der Waals surface area contributed by atoms with E-state index in [1.54, 1.807) is 0 Å². The molecule has 102 valence electrons. The molecule has 0 aromatic carbocycles. The molecule has 1 aliphatic rings. The van der Waals surface area contributed by atoms with Gasteiger partial charge in [-0.1, -0.05) is 0 Å². The molecule has 1 aromatic rings. The molecule has 2 heterocycles. The molecule has 0 aliphatic carbocycles. The van der Waals surface area contributed by atoms with Gasteiger partial charge in [-0.25, -0.2) is 0 Å². The Balaban J connectivity index is 1.60. The Morgan fingerprint density at radius 1 is 1.44 bits per heavy atom. The van der Waals surface area contributed by atoms with Crippen molar-refractivity contribution < 1.29 is 4.74 Å². The van der Waals surface area contributed by atoms with Crippen LogP contribution in [0.25, 0.3) is 0 Å². The van der Waals surface area contributed by atoms with Crippen molar-refractivity contribution in [3.8, 4) is 0 Å². The zero-order chi connectivity index (χ0) is 12.8. The van der Waals surface area contributed by atoms with Gasteiger partial charge < -0.3 is 10.1 Å². The molecule has 5 nitrogen and oxygen atoms in total. The van der Waals surface area contributed by atoms with E-state index in [1.165, 1.54) is 12.0 Å². The summed E-state index contributed by atoms with van der Waals surface area (Å²) in [6.45, 7) is 8.34. The van der Waals surface area contributed by atoms with E-state index in [0.29, 0.717) is 6.04 Å². The molecule has 1 aromatic heterocycles. The summed E-state index contributed by atoms with van der Waals surface area (Å²) < 4.78 is 7.19. The van der Waals surface area contributed by atoms with Crippen LogP contribution >= 0.6 is 0 Å². The van der Waals surface area contributed by atoms with Crippen LogP contribution in [0, 0.1) is 0 Å². The third-order valence-electron chi connectivity index (χ3n) is 3.43. The number of rotatable bonds is 6. The maximum absolute atomic E-state index is 5.34. The average molecular weight is 252 g/mol. The molecule has 1 unspecified atom stereocenters. The molecule has 1 atom stereocenters. The molecule has 0 bridgehead atoms. The Labute approximate surface area is 109 Å². The van der Waals surface area contributed by atoms with E-state index in [0.717, 1.165) is 39.4 Å². The van der Waals surface area contributed by atoms with Crippen molar-refractivity contribution in [2.45, 2.75) is 19.4 Å². The van der Waals surface area contributed by atoms with Gasteiger partial charge in [0, 0.05) is 37.9 Å². The highest BCUT2D eigenvalue weighted by Crippen LogP contribution is 2.09. The van der Waals surface area contributed by atoms with Crippen molar-refractivity contribution in [3.05, 3.63) is 18.0 Å². The molecule has 1 fully saturated rings. The van der Waals surface area contributed by atoms with Gasteiger partial charge in [0.15, 0.2) is 0 Å². The number of nitrogens with one attached hydrogen (secondary N) is 1. The van der Waals surface area contributed by atoms with Crippen LogP contribution in [0.3, 0.4) is 0 Å². The van der Waals surface area contributed by atoms with Gasteiger partial charge in [-0.3, -0.25) is 9.58 Å².